The van der Waals surface area contributed by atoms with Crippen LogP contribution >= 0.6 is 0 Å². The van der Waals surface area contributed by atoms with Crippen LogP contribution in [0, 0.1) is 12.8 Å². The molecule has 104 valence electrons. The summed E-state index contributed by atoms with van der Waals surface area (Å²) >= 11 is 0. The van der Waals surface area contributed by atoms with Crippen molar-refractivity contribution in [2.45, 2.75) is 51.6 Å². The van der Waals surface area contributed by atoms with Crippen LogP contribution < -0.4 is 11.1 Å². The Kier molecular flexibility index (Phi) is 4.59. The van der Waals surface area contributed by atoms with Gasteiger partial charge in [0.25, 0.3) is 0 Å². The average Bonchev–Trinajstić information content (AvgIpc) is 2.39. The van der Waals surface area contributed by atoms with Crippen molar-refractivity contribution < 1.29 is 4.79 Å². The van der Waals surface area contributed by atoms with Crippen molar-refractivity contribution in [3.63, 3.8) is 0 Å². The minimum Gasteiger partial charge on any atom is -0.349 e. The lowest BCUT2D eigenvalue weighted by molar-refractivity contribution is -0.127. The monoisotopic (exact) mass is 260 g/mol. The number of carbonyl (C=O) groups excluding carboxylic acids is 1. The van der Waals surface area contributed by atoms with E-state index >= 15 is 0 Å². The normalized spacial score (nSPS) is 24.8. The Hall–Kier alpha value is -1.35. The Balaban J connectivity index is 2.00. The maximum absolute atomic E-state index is 12.3. The highest BCUT2D eigenvalue weighted by atomic mass is 16.2. The molecule has 0 radical (unpaired) electrons. The van der Waals surface area contributed by atoms with Crippen LogP contribution in [0.4, 0.5) is 0 Å². The Morgan fingerprint density at radius 3 is 2.68 bits per heavy atom. The van der Waals surface area contributed by atoms with E-state index in [4.69, 9.17) is 5.73 Å². The van der Waals surface area contributed by atoms with Crippen LogP contribution in [-0.2, 0) is 4.79 Å². The maximum Gasteiger partial charge on any atom is 0.225 e. The first-order chi connectivity index (χ1) is 9.09. The molecule has 1 amide bonds. The highest BCUT2D eigenvalue weighted by Crippen LogP contribution is 2.24. The predicted molar refractivity (Wildman–Crippen MR) is 77.7 cm³/mol. The van der Waals surface area contributed by atoms with E-state index in [0.717, 1.165) is 25.7 Å². The number of aryl methyl sites for hydroxylation is 1. The van der Waals surface area contributed by atoms with Gasteiger partial charge >= 0.3 is 0 Å². The van der Waals surface area contributed by atoms with Crippen molar-refractivity contribution in [3.8, 4) is 0 Å². The zero-order valence-corrected chi connectivity index (χ0v) is 11.9. The molecule has 1 aliphatic carbocycles. The van der Waals surface area contributed by atoms with Gasteiger partial charge in [-0.2, -0.15) is 0 Å². The summed E-state index contributed by atoms with van der Waals surface area (Å²) in [6.07, 6.45) is 4.16. The molecule has 0 saturated heterocycles. The second-order valence-electron chi connectivity index (χ2n) is 5.64. The van der Waals surface area contributed by atoms with Gasteiger partial charge in [-0.3, -0.25) is 4.79 Å². The van der Waals surface area contributed by atoms with Gasteiger partial charge < -0.3 is 11.1 Å². The molecule has 1 fully saturated rings. The van der Waals surface area contributed by atoms with E-state index in [0.29, 0.717) is 0 Å². The van der Waals surface area contributed by atoms with Gasteiger partial charge in [0.05, 0.1) is 12.0 Å². The standard InChI is InChI=1S/C16H24N2O/c1-11-7-3-4-8-13(11)12(2)18-16(19)14-9-5-6-10-15(14)17/h3-4,7-8,12,14-15H,5-6,9-10,17H2,1-2H3,(H,18,19)/t12-,14?,15?/m1/s1. The van der Waals surface area contributed by atoms with Crippen LogP contribution in [0.3, 0.4) is 0 Å². The molecule has 2 unspecified atom stereocenters. The summed E-state index contributed by atoms with van der Waals surface area (Å²) in [5, 5.41) is 3.12. The lowest BCUT2D eigenvalue weighted by Crippen LogP contribution is -2.44. The molecule has 0 heterocycles. The molecule has 1 aromatic carbocycles. The Morgan fingerprint density at radius 2 is 2.00 bits per heavy atom. The summed E-state index contributed by atoms with van der Waals surface area (Å²) < 4.78 is 0. The molecular formula is C16H24N2O. The van der Waals surface area contributed by atoms with Crippen molar-refractivity contribution in [2.24, 2.45) is 11.7 Å². The number of rotatable bonds is 3. The molecule has 3 heteroatoms. The first-order valence-electron chi connectivity index (χ1n) is 7.21. The van der Waals surface area contributed by atoms with Crippen LogP contribution in [0.5, 0.6) is 0 Å². The number of nitrogens with two attached hydrogens (primary N) is 1. The fourth-order valence-electron chi connectivity index (χ4n) is 2.96. The molecule has 3 atom stereocenters. The highest BCUT2D eigenvalue weighted by molar-refractivity contribution is 5.80. The van der Waals surface area contributed by atoms with Gasteiger partial charge in [-0.05, 0) is 37.8 Å². The van der Waals surface area contributed by atoms with Crippen molar-refractivity contribution >= 4 is 5.91 Å². The summed E-state index contributed by atoms with van der Waals surface area (Å²) in [4.78, 5) is 12.3. The molecule has 3 N–H and O–H groups in total. The first-order valence-corrected chi connectivity index (χ1v) is 7.21. The van der Waals surface area contributed by atoms with Crippen LogP contribution in [0.2, 0.25) is 0 Å². The van der Waals surface area contributed by atoms with Gasteiger partial charge in [0, 0.05) is 6.04 Å². The highest BCUT2D eigenvalue weighted by Gasteiger charge is 2.29. The third-order valence-corrected chi connectivity index (χ3v) is 4.17. The molecule has 0 aromatic heterocycles. The van der Waals surface area contributed by atoms with Gasteiger partial charge in [-0.25, -0.2) is 0 Å². The third kappa shape index (κ3) is 3.35. The van der Waals surface area contributed by atoms with Crippen LogP contribution in [0.15, 0.2) is 24.3 Å². The second-order valence-corrected chi connectivity index (χ2v) is 5.64. The number of carbonyl (C=O) groups is 1. The summed E-state index contributed by atoms with van der Waals surface area (Å²) in [7, 11) is 0. The lowest BCUT2D eigenvalue weighted by atomic mass is 9.84. The fourth-order valence-corrected chi connectivity index (χ4v) is 2.96. The van der Waals surface area contributed by atoms with E-state index in [1.807, 2.05) is 19.1 Å². The Morgan fingerprint density at radius 1 is 1.32 bits per heavy atom. The molecule has 2 rings (SSSR count). The zero-order chi connectivity index (χ0) is 13.8. The van der Waals surface area contributed by atoms with Crippen LogP contribution in [-0.4, -0.2) is 11.9 Å². The molecular weight excluding hydrogens is 236 g/mol. The summed E-state index contributed by atoms with van der Waals surface area (Å²) in [6, 6.07) is 8.24. The summed E-state index contributed by atoms with van der Waals surface area (Å²) in [6.45, 7) is 4.11. The van der Waals surface area contributed by atoms with E-state index < -0.39 is 0 Å². The molecule has 19 heavy (non-hydrogen) atoms. The number of nitrogens with one attached hydrogen (secondary N) is 1. The molecule has 3 nitrogen and oxygen atoms in total. The van der Waals surface area contributed by atoms with E-state index in [-0.39, 0.29) is 23.9 Å². The summed E-state index contributed by atoms with van der Waals surface area (Å²) in [5.41, 5.74) is 8.46. The first kappa shape index (κ1) is 14.1. The van der Waals surface area contributed by atoms with E-state index in [1.54, 1.807) is 0 Å². The maximum atomic E-state index is 12.3. The third-order valence-electron chi connectivity index (χ3n) is 4.17. The van der Waals surface area contributed by atoms with Crippen molar-refractivity contribution in [1.29, 1.82) is 0 Å². The van der Waals surface area contributed by atoms with E-state index in [1.165, 1.54) is 11.1 Å². The van der Waals surface area contributed by atoms with Gasteiger partial charge in [0.15, 0.2) is 0 Å². The number of benzene rings is 1. The van der Waals surface area contributed by atoms with Crippen molar-refractivity contribution in [2.75, 3.05) is 0 Å². The average molecular weight is 260 g/mol. The predicted octanol–water partition coefficient (Wildman–Crippen LogP) is 2.69. The SMILES string of the molecule is Cc1ccccc1[C@@H](C)NC(=O)C1CCCCC1N. The second kappa shape index (κ2) is 6.20. The van der Waals surface area contributed by atoms with E-state index in [2.05, 4.69) is 24.4 Å². The van der Waals surface area contributed by atoms with Crippen molar-refractivity contribution in [3.05, 3.63) is 35.4 Å². The smallest absolute Gasteiger partial charge is 0.225 e. The Labute approximate surface area is 115 Å². The van der Waals surface area contributed by atoms with Gasteiger partial charge in [-0.15, -0.1) is 0 Å². The fraction of sp³-hybridized carbons (Fsp3) is 0.562. The molecule has 1 aliphatic rings. The van der Waals surface area contributed by atoms with Crippen LogP contribution in [0.25, 0.3) is 0 Å². The van der Waals surface area contributed by atoms with Gasteiger partial charge in [0.1, 0.15) is 0 Å². The molecule has 0 spiro atoms. The van der Waals surface area contributed by atoms with Gasteiger partial charge in [0.2, 0.25) is 5.91 Å². The van der Waals surface area contributed by atoms with Crippen LogP contribution in [0.1, 0.15) is 49.8 Å². The van der Waals surface area contributed by atoms with E-state index in [9.17, 15) is 4.79 Å². The summed E-state index contributed by atoms with van der Waals surface area (Å²) in [5.74, 6) is 0.100. The molecule has 0 aliphatic heterocycles. The quantitative estimate of drug-likeness (QED) is 0.878. The number of hydrogen-bond acceptors (Lipinski definition) is 2. The topological polar surface area (TPSA) is 55.1 Å². The number of hydrogen-bond donors (Lipinski definition) is 2. The minimum atomic E-state index is -0.0137. The Bertz CT molecular complexity index is 444. The number of amides is 1. The zero-order valence-electron chi connectivity index (χ0n) is 11.9. The minimum absolute atomic E-state index is 0.0137. The molecule has 1 aromatic rings. The molecule has 0 bridgehead atoms. The largest absolute Gasteiger partial charge is 0.349 e. The van der Waals surface area contributed by atoms with Crippen molar-refractivity contribution in [1.82, 2.24) is 5.32 Å². The lowest BCUT2D eigenvalue weighted by Gasteiger charge is -2.29. The molecule has 1 saturated carbocycles. The van der Waals surface area contributed by atoms with Gasteiger partial charge in [-0.1, -0.05) is 37.1 Å².